The van der Waals surface area contributed by atoms with Crippen molar-refractivity contribution in [3.63, 3.8) is 0 Å². The Kier molecular flexibility index (Phi) is 4.81. The van der Waals surface area contributed by atoms with Crippen molar-refractivity contribution in [1.82, 2.24) is 24.1 Å². The molecule has 10 heteroatoms. The van der Waals surface area contributed by atoms with E-state index in [2.05, 4.69) is 15.2 Å². The number of benzene rings is 1. The summed E-state index contributed by atoms with van der Waals surface area (Å²) in [6.45, 7) is 1.78. The van der Waals surface area contributed by atoms with E-state index in [0.29, 0.717) is 37.8 Å². The number of hydrogen-bond acceptors (Lipinski definition) is 6. The highest BCUT2D eigenvalue weighted by molar-refractivity contribution is 7.89. The van der Waals surface area contributed by atoms with Crippen LogP contribution in [0.5, 0.6) is 0 Å². The molecule has 3 aromatic rings. The van der Waals surface area contributed by atoms with Gasteiger partial charge in [0.2, 0.25) is 10.0 Å². The van der Waals surface area contributed by atoms with Gasteiger partial charge in [0.1, 0.15) is 11.2 Å². The third kappa shape index (κ3) is 3.53. The zero-order valence-corrected chi connectivity index (χ0v) is 15.9. The Morgan fingerprint density at radius 2 is 1.63 bits per heavy atom. The number of anilines is 1. The van der Waals surface area contributed by atoms with Crippen molar-refractivity contribution in [2.45, 2.75) is 4.90 Å². The summed E-state index contributed by atoms with van der Waals surface area (Å²) in [4.78, 5) is 6.15. The second kappa shape index (κ2) is 7.26. The van der Waals surface area contributed by atoms with Crippen molar-refractivity contribution < 1.29 is 8.42 Å². The molecular formula is C17H17ClN6O2S. The molecule has 0 bridgehead atoms. The summed E-state index contributed by atoms with van der Waals surface area (Å²) in [7, 11) is -3.61. The lowest BCUT2D eigenvalue weighted by molar-refractivity contribution is 0.383. The minimum absolute atomic E-state index is 0.143. The Labute approximate surface area is 162 Å². The number of nitrogens with zero attached hydrogens (tertiary/aromatic N) is 6. The molecule has 1 saturated heterocycles. The molecule has 27 heavy (non-hydrogen) atoms. The summed E-state index contributed by atoms with van der Waals surface area (Å²) >= 11 is 6.07. The van der Waals surface area contributed by atoms with E-state index in [1.807, 2.05) is 17.0 Å². The molecule has 0 N–H and O–H groups in total. The zero-order chi connectivity index (χ0) is 18.9. The lowest BCUT2D eigenvalue weighted by Gasteiger charge is -2.34. The van der Waals surface area contributed by atoms with E-state index < -0.39 is 10.0 Å². The number of rotatable bonds is 4. The van der Waals surface area contributed by atoms with Gasteiger partial charge in [-0.15, -0.1) is 10.2 Å². The van der Waals surface area contributed by atoms with Crippen LogP contribution >= 0.6 is 11.6 Å². The first-order chi connectivity index (χ1) is 13.1. The van der Waals surface area contributed by atoms with Gasteiger partial charge in [0, 0.05) is 38.6 Å². The minimum Gasteiger partial charge on any atom is -0.352 e. The van der Waals surface area contributed by atoms with Gasteiger partial charge in [-0.25, -0.2) is 13.4 Å². The molecule has 3 heterocycles. The summed E-state index contributed by atoms with van der Waals surface area (Å²) < 4.78 is 28.9. The normalized spacial score (nSPS) is 15.8. The van der Waals surface area contributed by atoms with Crippen LogP contribution in [0, 0.1) is 0 Å². The molecule has 1 aliphatic heterocycles. The van der Waals surface area contributed by atoms with E-state index in [0.717, 1.165) is 0 Å². The topological polar surface area (TPSA) is 84.2 Å². The highest BCUT2D eigenvalue weighted by atomic mass is 35.5. The maximum atomic E-state index is 12.8. The lowest BCUT2D eigenvalue weighted by atomic mass is 10.3. The predicted molar refractivity (Wildman–Crippen MR) is 102 cm³/mol. The molecule has 0 amide bonds. The van der Waals surface area contributed by atoms with Gasteiger partial charge in [0.15, 0.2) is 11.6 Å². The van der Waals surface area contributed by atoms with Crippen LogP contribution in [0.3, 0.4) is 0 Å². The first-order valence-corrected chi connectivity index (χ1v) is 10.2. The fraction of sp³-hybridized carbons (Fsp3) is 0.235. The van der Waals surface area contributed by atoms with Crippen molar-refractivity contribution in [2.75, 3.05) is 31.1 Å². The summed E-state index contributed by atoms with van der Waals surface area (Å²) in [5.41, 5.74) is 0. The Bertz CT molecular complexity index is 1020. The molecule has 1 aromatic carbocycles. The van der Waals surface area contributed by atoms with Crippen molar-refractivity contribution in [3.8, 4) is 5.82 Å². The Hall–Kier alpha value is -2.49. The van der Waals surface area contributed by atoms with E-state index in [9.17, 15) is 8.42 Å². The highest BCUT2D eigenvalue weighted by Crippen LogP contribution is 2.25. The molecule has 2 aromatic heterocycles. The highest BCUT2D eigenvalue weighted by Gasteiger charge is 2.30. The summed E-state index contributed by atoms with van der Waals surface area (Å²) in [6.07, 6.45) is 5.12. The minimum atomic E-state index is -3.61. The third-order valence-electron chi connectivity index (χ3n) is 4.42. The molecule has 4 rings (SSSR count). The largest absolute Gasteiger partial charge is 0.352 e. The smallest absolute Gasteiger partial charge is 0.244 e. The fourth-order valence-electron chi connectivity index (χ4n) is 2.97. The number of imidazole rings is 1. The van der Waals surface area contributed by atoms with Crippen molar-refractivity contribution in [1.29, 1.82) is 0 Å². The Morgan fingerprint density at radius 3 is 2.26 bits per heavy atom. The van der Waals surface area contributed by atoms with E-state index >= 15 is 0 Å². The Morgan fingerprint density at radius 1 is 0.926 bits per heavy atom. The van der Waals surface area contributed by atoms with Crippen LogP contribution in [0.4, 0.5) is 5.82 Å². The molecule has 0 radical (unpaired) electrons. The molecule has 0 atom stereocenters. The lowest BCUT2D eigenvalue weighted by Crippen LogP contribution is -2.49. The quantitative estimate of drug-likeness (QED) is 0.659. The van der Waals surface area contributed by atoms with Gasteiger partial charge in [-0.2, -0.15) is 4.31 Å². The average molecular weight is 405 g/mol. The maximum absolute atomic E-state index is 12.8. The van der Waals surface area contributed by atoms with Crippen LogP contribution < -0.4 is 4.90 Å². The van der Waals surface area contributed by atoms with Crippen molar-refractivity contribution >= 4 is 27.4 Å². The predicted octanol–water partition coefficient (Wildman–Crippen LogP) is 1.83. The summed E-state index contributed by atoms with van der Waals surface area (Å²) in [5.74, 6) is 1.39. The van der Waals surface area contributed by atoms with Gasteiger partial charge in [0.05, 0.1) is 5.02 Å². The summed E-state index contributed by atoms with van der Waals surface area (Å²) in [5, 5.41) is 8.70. The van der Waals surface area contributed by atoms with Crippen LogP contribution in [0.2, 0.25) is 5.02 Å². The molecule has 0 aliphatic carbocycles. The van der Waals surface area contributed by atoms with Gasteiger partial charge in [-0.3, -0.25) is 4.57 Å². The average Bonchev–Trinajstić information content (AvgIpc) is 3.23. The molecule has 1 fully saturated rings. The molecule has 140 valence electrons. The fourth-order valence-corrected chi connectivity index (χ4v) is 4.89. The summed E-state index contributed by atoms with van der Waals surface area (Å²) in [6, 6.07) is 10.2. The van der Waals surface area contributed by atoms with Crippen LogP contribution in [-0.4, -0.2) is 58.7 Å². The number of piperazine rings is 1. The Balaban J connectivity index is 1.45. The number of halogens is 1. The van der Waals surface area contributed by atoms with Crippen LogP contribution in [0.15, 0.2) is 60.0 Å². The van der Waals surface area contributed by atoms with E-state index in [1.165, 1.54) is 10.4 Å². The molecule has 1 aliphatic rings. The second-order valence-electron chi connectivity index (χ2n) is 6.04. The molecule has 0 saturated carbocycles. The van der Waals surface area contributed by atoms with Gasteiger partial charge in [-0.1, -0.05) is 23.7 Å². The second-order valence-corrected chi connectivity index (χ2v) is 8.35. The van der Waals surface area contributed by atoms with Crippen molar-refractivity contribution in [2.24, 2.45) is 0 Å². The van der Waals surface area contributed by atoms with Crippen molar-refractivity contribution in [3.05, 3.63) is 60.1 Å². The van der Waals surface area contributed by atoms with Crippen LogP contribution in [0.1, 0.15) is 0 Å². The van der Waals surface area contributed by atoms with Gasteiger partial charge in [0.25, 0.3) is 0 Å². The van der Waals surface area contributed by atoms with Gasteiger partial charge < -0.3 is 4.90 Å². The number of sulfonamides is 1. The zero-order valence-electron chi connectivity index (χ0n) is 14.3. The van der Waals surface area contributed by atoms with E-state index in [-0.39, 0.29) is 9.92 Å². The van der Waals surface area contributed by atoms with E-state index in [1.54, 1.807) is 41.5 Å². The first kappa shape index (κ1) is 17.9. The number of aromatic nitrogens is 4. The van der Waals surface area contributed by atoms with Gasteiger partial charge >= 0.3 is 0 Å². The standard InChI is InChI=1S/C17H17ClN6O2S/c18-14-3-1-2-4-15(14)27(25,26)24-11-9-22(10-12-24)16-5-6-17(21-20-16)23-8-7-19-13-23/h1-8,13H,9-12H2. The van der Waals surface area contributed by atoms with E-state index in [4.69, 9.17) is 11.6 Å². The molecule has 8 nitrogen and oxygen atoms in total. The molecule has 0 unspecified atom stereocenters. The maximum Gasteiger partial charge on any atom is 0.244 e. The molecular weight excluding hydrogens is 388 g/mol. The van der Waals surface area contributed by atoms with Crippen LogP contribution in [0.25, 0.3) is 5.82 Å². The third-order valence-corrected chi connectivity index (χ3v) is 6.82. The van der Waals surface area contributed by atoms with Gasteiger partial charge in [-0.05, 0) is 24.3 Å². The number of hydrogen-bond donors (Lipinski definition) is 0. The monoisotopic (exact) mass is 404 g/mol. The van der Waals surface area contributed by atoms with Crippen LogP contribution in [-0.2, 0) is 10.0 Å². The molecule has 0 spiro atoms. The SMILES string of the molecule is O=S(=O)(c1ccccc1Cl)N1CCN(c2ccc(-n3ccnc3)nn2)CC1. The first-order valence-electron chi connectivity index (χ1n) is 8.37.